The van der Waals surface area contributed by atoms with Crippen LogP contribution >= 0.6 is 11.8 Å². The van der Waals surface area contributed by atoms with Gasteiger partial charge in [0.15, 0.2) is 0 Å². The first-order valence-corrected chi connectivity index (χ1v) is 6.31. The van der Waals surface area contributed by atoms with Gasteiger partial charge in [-0.1, -0.05) is 0 Å². The van der Waals surface area contributed by atoms with Gasteiger partial charge in [0.1, 0.15) is 0 Å². The van der Waals surface area contributed by atoms with Gasteiger partial charge in [0, 0.05) is 23.1 Å². The molecule has 94 valence electrons. The lowest BCUT2D eigenvalue weighted by Crippen LogP contribution is -2.33. The Morgan fingerprint density at radius 1 is 1.65 bits per heavy atom. The van der Waals surface area contributed by atoms with Crippen LogP contribution in [0, 0.1) is 6.92 Å². The predicted molar refractivity (Wildman–Crippen MR) is 66.2 cm³/mol. The number of aliphatic hydroxyl groups excluding tert-OH is 1. The normalized spacial score (nSPS) is 28.5. The summed E-state index contributed by atoms with van der Waals surface area (Å²) >= 11 is 1.47. The molecule has 0 aliphatic carbocycles. The van der Waals surface area contributed by atoms with Gasteiger partial charge in [0.2, 0.25) is 0 Å². The second-order valence-corrected chi connectivity index (χ2v) is 5.61. The zero-order valence-electron chi connectivity index (χ0n) is 9.42. The smallest absolute Gasteiger partial charge is 0.329 e. The van der Waals surface area contributed by atoms with E-state index < -0.39 is 5.69 Å². The number of nitrogens with two attached hydrogens (primary N) is 1. The molecule has 1 aromatic heterocycles. The van der Waals surface area contributed by atoms with Crippen molar-refractivity contribution in [2.75, 3.05) is 6.61 Å². The van der Waals surface area contributed by atoms with Gasteiger partial charge in [-0.2, -0.15) is 0 Å². The van der Waals surface area contributed by atoms with Gasteiger partial charge in [0.05, 0.1) is 12.0 Å². The highest BCUT2D eigenvalue weighted by molar-refractivity contribution is 8.00. The Morgan fingerprint density at radius 2 is 2.35 bits per heavy atom. The molecular weight excluding hydrogens is 242 g/mol. The Balaban J connectivity index is 2.34. The molecule has 1 aliphatic rings. The quantitative estimate of drug-likeness (QED) is 0.642. The number of aromatic nitrogens is 2. The number of nitrogens with zero attached hydrogens (tertiary/aromatic N) is 1. The lowest BCUT2D eigenvalue weighted by atomic mass is 10.1. The summed E-state index contributed by atoms with van der Waals surface area (Å²) in [5.74, 6) is 0. The largest absolute Gasteiger partial charge is 0.395 e. The number of nitrogens with one attached hydrogen (secondary N) is 1. The van der Waals surface area contributed by atoms with Crippen LogP contribution in [0.3, 0.4) is 0 Å². The number of aliphatic hydroxyl groups is 1. The minimum atomic E-state index is -0.427. The van der Waals surface area contributed by atoms with E-state index in [2.05, 4.69) is 4.98 Å². The average molecular weight is 257 g/mol. The molecule has 0 spiro atoms. The molecule has 0 radical (unpaired) electrons. The first-order chi connectivity index (χ1) is 8.02. The van der Waals surface area contributed by atoms with Gasteiger partial charge in [-0.3, -0.25) is 14.3 Å². The molecule has 17 heavy (non-hydrogen) atoms. The fraction of sp³-hybridized carbons (Fsp3) is 0.600. The zero-order chi connectivity index (χ0) is 12.6. The lowest BCUT2D eigenvalue weighted by Gasteiger charge is -2.13. The third kappa shape index (κ3) is 2.31. The van der Waals surface area contributed by atoms with Crippen LogP contribution in [0.1, 0.15) is 17.4 Å². The lowest BCUT2D eigenvalue weighted by molar-refractivity contribution is 0.283. The molecule has 7 heteroatoms. The molecule has 6 nitrogen and oxygen atoms in total. The maximum Gasteiger partial charge on any atom is 0.329 e. The summed E-state index contributed by atoms with van der Waals surface area (Å²) in [5.41, 5.74) is 5.57. The van der Waals surface area contributed by atoms with E-state index in [-0.39, 0.29) is 28.8 Å². The van der Waals surface area contributed by atoms with Crippen molar-refractivity contribution in [3.8, 4) is 0 Å². The number of hydrogen-bond acceptors (Lipinski definition) is 5. The van der Waals surface area contributed by atoms with Gasteiger partial charge in [-0.05, 0) is 13.3 Å². The molecule has 3 atom stereocenters. The highest BCUT2D eigenvalue weighted by Crippen LogP contribution is 2.39. The number of rotatable bonds is 2. The molecule has 1 saturated heterocycles. The van der Waals surface area contributed by atoms with E-state index in [0.717, 1.165) is 0 Å². The van der Waals surface area contributed by atoms with E-state index in [1.54, 1.807) is 13.1 Å². The van der Waals surface area contributed by atoms with Crippen LogP contribution in [0.25, 0.3) is 0 Å². The third-order valence-corrected chi connectivity index (χ3v) is 4.50. The summed E-state index contributed by atoms with van der Waals surface area (Å²) < 4.78 is 1.48. The molecule has 1 fully saturated rings. The average Bonchev–Trinajstić information content (AvgIpc) is 2.65. The highest BCUT2D eigenvalue weighted by Gasteiger charge is 2.33. The Morgan fingerprint density at radius 3 is 2.94 bits per heavy atom. The standard InChI is InChI=1S/C10H15N3O3S/c1-5-3-13(10(16)12-9(5)15)8-2-6(11)7(4-14)17-8/h3,6-8,14H,2,4,11H2,1H3,(H,12,15,16)/t6?,7-,8-/m1/s1. The van der Waals surface area contributed by atoms with Gasteiger partial charge in [-0.15, -0.1) is 11.8 Å². The zero-order valence-corrected chi connectivity index (χ0v) is 10.2. The van der Waals surface area contributed by atoms with Crippen molar-refractivity contribution in [2.24, 2.45) is 5.73 Å². The summed E-state index contributed by atoms with van der Waals surface area (Å²) in [6, 6.07) is -0.130. The Labute approximate surface area is 102 Å². The summed E-state index contributed by atoms with van der Waals surface area (Å²) in [6.07, 6.45) is 2.16. The molecule has 0 saturated carbocycles. The molecule has 1 unspecified atom stereocenters. The van der Waals surface area contributed by atoms with E-state index >= 15 is 0 Å². The fourth-order valence-electron chi connectivity index (χ4n) is 1.90. The van der Waals surface area contributed by atoms with Crippen LogP contribution < -0.4 is 17.0 Å². The van der Waals surface area contributed by atoms with Crippen LogP contribution in [-0.4, -0.2) is 32.6 Å². The third-order valence-electron chi connectivity index (χ3n) is 2.92. The molecule has 2 heterocycles. The summed E-state index contributed by atoms with van der Waals surface area (Å²) in [7, 11) is 0. The maximum atomic E-state index is 11.7. The highest BCUT2D eigenvalue weighted by atomic mass is 32.2. The molecule has 0 aromatic carbocycles. The second kappa shape index (κ2) is 4.67. The molecular formula is C10H15N3O3S. The number of aromatic amines is 1. The Bertz CT molecular complexity index is 524. The minimum Gasteiger partial charge on any atom is -0.395 e. The summed E-state index contributed by atoms with van der Waals surface area (Å²) in [4.78, 5) is 25.2. The van der Waals surface area contributed by atoms with Crippen LogP contribution in [0.5, 0.6) is 0 Å². The van der Waals surface area contributed by atoms with Crippen LogP contribution in [0.15, 0.2) is 15.8 Å². The number of hydrogen-bond donors (Lipinski definition) is 3. The molecule has 0 bridgehead atoms. The van der Waals surface area contributed by atoms with E-state index in [9.17, 15) is 9.59 Å². The molecule has 1 aliphatic heterocycles. The first kappa shape index (κ1) is 12.4. The van der Waals surface area contributed by atoms with Crippen molar-refractivity contribution < 1.29 is 5.11 Å². The van der Waals surface area contributed by atoms with Crippen molar-refractivity contribution in [3.05, 3.63) is 32.6 Å². The Kier molecular flexibility index (Phi) is 3.41. The number of H-pyrrole nitrogens is 1. The predicted octanol–water partition coefficient (Wildman–Crippen LogP) is -0.831. The fourth-order valence-corrected chi connectivity index (χ4v) is 3.32. The Hall–Kier alpha value is -1.05. The number of thioether (sulfide) groups is 1. The number of aryl methyl sites for hydroxylation is 1. The summed E-state index contributed by atoms with van der Waals surface area (Å²) in [5, 5.41) is 8.95. The van der Waals surface area contributed by atoms with Crippen LogP contribution in [-0.2, 0) is 0 Å². The second-order valence-electron chi connectivity index (χ2n) is 4.19. The topological polar surface area (TPSA) is 101 Å². The van der Waals surface area contributed by atoms with Crippen molar-refractivity contribution in [1.82, 2.24) is 9.55 Å². The minimum absolute atomic E-state index is 0.000576. The monoisotopic (exact) mass is 257 g/mol. The maximum absolute atomic E-state index is 11.7. The van der Waals surface area contributed by atoms with Gasteiger partial charge >= 0.3 is 5.69 Å². The first-order valence-electron chi connectivity index (χ1n) is 5.37. The summed E-state index contributed by atoms with van der Waals surface area (Å²) in [6.45, 7) is 1.65. The van der Waals surface area contributed by atoms with Crippen LogP contribution in [0.4, 0.5) is 0 Å². The van der Waals surface area contributed by atoms with Gasteiger partial charge < -0.3 is 10.8 Å². The molecule has 0 amide bonds. The van der Waals surface area contributed by atoms with Gasteiger partial charge in [0.25, 0.3) is 5.56 Å². The van der Waals surface area contributed by atoms with Crippen LogP contribution in [0.2, 0.25) is 0 Å². The van der Waals surface area contributed by atoms with Crippen molar-refractivity contribution >= 4 is 11.8 Å². The molecule has 4 N–H and O–H groups in total. The molecule has 2 rings (SSSR count). The van der Waals surface area contributed by atoms with Crippen molar-refractivity contribution in [3.63, 3.8) is 0 Å². The SMILES string of the molecule is Cc1cn([C@H]2CC(N)[C@@H](CO)S2)c(=O)[nH]c1=O. The van der Waals surface area contributed by atoms with Crippen molar-refractivity contribution in [1.29, 1.82) is 0 Å². The molecule has 1 aromatic rings. The van der Waals surface area contributed by atoms with E-state index in [4.69, 9.17) is 10.8 Å². The van der Waals surface area contributed by atoms with Gasteiger partial charge in [-0.25, -0.2) is 4.79 Å². The van der Waals surface area contributed by atoms with E-state index in [1.165, 1.54) is 16.3 Å². The van der Waals surface area contributed by atoms with E-state index in [1.807, 2.05) is 0 Å². The van der Waals surface area contributed by atoms with E-state index in [0.29, 0.717) is 12.0 Å². The van der Waals surface area contributed by atoms with Crippen molar-refractivity contribution in [2.45, 2.75) is 30.0 Å².